The third-order valence-electron chi connectivity index (χ3n) is 4.12. The highest BCUT2D eigenvalue weighted by molar-refractivity contribution is 9.10. The van der Waals surface area contributed by atoms with Gasteiger partial charge in [0.15, 0.2) is 6.10 Å². The quantitative estimate of drug-likeness (QED) is 0.846. The predicted octanol–water partition coefficient (Wildman–Crippen LogP) is 3.76. The number of ether oxygens (including phenoxy) is 1. The van der Waals surface area contributed by atoms with Crippen molar-refractivity contribution in [2.75, 3.05) is 16.8 Å². The number of hydrogen-bond donors (Lipinski definition) is 1. The Morgan fingerprint density at radius 2 is 1.92 bits per heavy atom. The number of carbonyl (C=O) groups is 2. The molecule has 130 valence electrons. The third-order valence-corrected chi connectivity index (χ3v) is 4.65. The highest BCUT2D eigenvalue weighted by Gasteiger charge is 2.23. The first-order valence-corrected chi connectivity index (χ1v) is 8.87. The van der Waals surface area contributed by atoms with Crippen LogP contribution >= 0.6 is 15.9 Å². The summed E-state index contributed by atoms with van der Waals surface area (Å²) >= 11 is 3.36. The Bertz CT molecular complexity index is 805. The molecule has 0 saturated heterocycles. The molecule has 0 bridgehead atoms. The average molecular weight is 403 g/mol. The van der Waals surface area contributed by atoms with Crippen molar-refractivity contribution in [1.29, 1.82) is 0 Å². The summed E-state index contributed by atoms with van der Waals surface area (Å²) in [5, 5.41) is 2.87. The molecule has 6 heteroatoms. The zero-order chi connectivity index (χ0) is 18.0. The maximum Gasteiger partial charge on any atom is 0.265 e. The predicted molar refractivity (Wildman–Crippen MR) is 101 cm³/mol. The van der Waals surface area contributed by atoms with E-state index in [1.165, 1.54) is 0 Å². The lowest BCUT2D eigenvalue weighted by Crippen LogP contribution is -2.30. The van der Waals surface area contributed by atoms with Gasteiger partial charge in [0.2, 0.25) is 5.91 Å². The van der Waals surface area contributed by atoms with Crippen LogP contribution in [0, 0.1) is 0 Å². The SMILES string of the molecule is CC(=O)N1CCc2cc(NC(=O)[C@@H](C)Oc3ccc(Br)cc3)ccc21. The smallest absolute Gasteiger partial charge is 0.265 e. The van der Waals surface area contributed by atoms with E-state index in [1.807, 2.05) is 30.3 Å². The van der Waals surface area contributed by atoms with Crippen LogP contribution in [0.15, 0.2) is 46.9 Å². The summed E-state index contributed by atoms with van der Waals surface area (Å²) in [5.74, 6) is 0.452. The topological polar surface area (TPSA) is 58.6 Å². The van der Waals surface area contributed by atoms with Crippen molar-refractivity contribution in [2.24, 2.45) is 0 Å². The molecule has 1 aliphatic heterocycles. The molecule has 0 spiro atoms. The van der Waals surface area contributed by atoms with Crippen LogP contribution in [-0.2, 0) is 16.0 Å². The Kier molecular flexibility index (Phi) is 5.08. The van der Waals surface area contributed by atoms with Crippen LogP contribution in [0.5, 0.6) is 5.75 Å². The molecule has 25 heavy (non-hydrogen) atoms. The minimum atomic E-state index is -0.622. The molecule has 0 radical (unpaired) electrons. The summed E-state index contributed by atoms with van der Waals surface area (Å²) in [7, 11) is 0. The molecule has 1 N–H and O–H groups in total. The van der Waals surface area contributed by atoms with Crippen LogP contribution in [0.1, 0.15) is 19.4 Å². The second-order valence-electron chi connectivity index (χ2n) is 5.97. The van der Waals surface area contributed by atoms with E-state index >= 15 is 0 Å². The summed E-state index contributed by atoms with van der Waals surface area (Å²) in [4.78, 5) is 25.7. The molecule has 5 nitrogen and oxygen atoms in total. The van der Waals surface area contributed by atoms with Gasteiger partial charge in [0.1, 0.15) is 5.75 Å². The van der Waals surface area contributed by atoms with Gasteiger partial charge in [-0.1, -0.05) is 15.9 Å². The number of nitrogens with zero attached hydrogens (tertiary/aromatic N) is 1. The number of fused-ring (bicyclic) bond motifs is 1. The summed E-state index contributed by atoms with van der Waals surface area (Å²) in [5.41, 5.74) is 2.69. The maximum absolute atomic E-state index is 12.3. The van der Waals surface area contributed by atoms with E-state index in [4.69, 9.17) is 4.74 Å². The first kappa shape index (κ1) is 17.5. The van der Waals surface area contributed by atoms with Crippen molar-refractivity contribution >= 4 is 39.1 Å². The number of anilines is 2. The van der Waals surface area contributed by atoms with Gasteiger partial charge in [0.05, 0.1) is 0 Å². The fourth-order valence-corrected chi connectivity index (χ4v) is 3.09. The van der Waals surface area contributed by atoms with E-state index in [-0.39, 0.29) is 11.8 Å². The van der Waals surface area contributed by atoms with Crippen LogP contribution < -0.4 is 15.0 Å². The van der Waals surface area contributed by atoms with E-state index < -0.39 is 6.10 Å². The van der Waals surface area contributed by atoms with Gasteiger partial charge in [-0.25, -0.2) is 0 Å². The number of amides is 2. The average Bonchev–Trinajstić information content (AvgIpc) is 3.00. The van der Waals surface area contributed by atoms with Crippen molar-refractivity contribution in [3.63, 3.8) is 0 Å². The largest absolute Gasteiger partial charge is 0.481 e. The van der Waals surface area contributed by atoms with Gasteiger partial charge in [-0.2, -0.15) is 0 Å². The molecule has 2 amide bonds. The third kappa shape index (κ3) is 4.02. The van der Waals surface area contributed by atoms with Gasteiger partial charge in [-0.3, -0.25) is 9.59 Å². The second-order valence-corrected chi connectivity index (χ2v) is 6.88. The Hall–Kier alpha value is -2.34. The molecule has 0 fully saturated rings. The molecule has 0 unspecified atom stereocenters. The van der Waals surface area contributed by atoms with Crippen LogP contribution in [0.3, 0.4) is 0 Å². The van der Waals surface area contributed by atoms with Crippen molar-refractivity contribution in [1.82, 2.24) is 0 Å². The van der Waals surface area contributed by atoms with E-state index in [9.17, 15) is 9.59 Å². The van der Waals surface area contributed by atoms with E-state index in [0.717, 1.165) is 22.1 Å². The van der Waals surface area contributed by atoms with E-state index in [0.29, 0.717) is 18.0 Å². The van der Waals surface area contributed by atoms with E-state index in [2.05, 4.69) is 21.2 Å². The number of hydrogen-bond acceptors (Lipinski definition) is 3. The Morgan fingerprint density at radius 1 is 1.20 bits per heavy atom. The van der Waals surface area contributed by atoms with Crippen molar-refractivity contribution in [3.8, 4) is 5.75 Å². The van der Waals surface area contributed by atoms with Crippen LogP contribution in [-0.4, -0.2) is 24.5 Å². The molecule has 0 saturated carbocycles. The summed E-state index contributed by atoms with van der Waals surface area (Å²) in [6, 6.07) is 12.9. The minimum Gasteiger partial charge on any atom is -0.481 e. The van der Waals surface area contributed by atoms with E-state index in [1.54, 1.807) is 30.9 Å². The first-order chi connectivity index (χ1) is 11.9. The molecule has 3 rings (SSSR count). The number of halogens is 1. The van der Waals surface area contributed by atoms with Crippen LogP contribution in [0.25, 0.3) is 0 Å². The lowest BCUT2D eigenvalue weighted by Gasteiger charge is -2.17. The zero-order valence-electron chi connectivity index (χ0n) is 14.1. The molecular weight excluding hydrogens is 384 g/mol. The molecule has 1 atom stereocenters. The first-order valence-electron chi connectivity index (χ1n) is 8.08. The van der Waals surface area contributed by atoms with Gasteiger partial charge in [-0.15, -0.1) is 0 Å². The highest BCUT2D eigenvalue weighted by Crippen LogP contribution is 2.30. The van der Waals surface area contributed by atoms with Crippen LogP contribution in [0.2, 0.25) is 0 Å². The Labute approximate surface area is 155 Å². The lowest BCUT2D eigenvalue weighted by molar-refractivity contribution is -0.122. The van der Waals surface area contributed by atoms with Gasteiger partial charge < -0.3 is 15.0 Å². The standard InChI is InChI=1S/C19H19BrN2O3/c1-12(25-17-6-3-15(20)4-7-17)19(24)21-16-5-8-18-14(11-16)9-10-22(18)13(2)23/h3-8,11-12H,9-10H2,1-2H3,(H,21,24)/t12-/m1/s1. The van der Waals surface area contributed by atoms with Gasteiger partial charge >= 0.3 is 0 Å². The summed E-state index contributed by atoms with van der Waals surface area (Å²) in [6.45, 7) is 3.96. The van der Waals surface area contributed by atoms with Crippen molar-refractivity contribution in [2.45, 2.75) is 26.4 Å². The molecule has 2 aromatic carbocycles. The summed E-state index contributed by atoms with van der Waals surface area (Å²) in [6.07, 6.45) is 0.173. The number of benzene rings is 2. The number of carbonyl (C=O) groups excluding carboxylic acids is 2. The highest BCUT2D eigenvalue weighted by atomic mass is 79.9. The maximum atomic E-state index is 12.3. The molecule has 1 heterocycles. The minimum absolute atomic E-state index is 0.0343. The molecule has 1 aliphatic rings. The zero-order valence-corrected chi connectivity index (χ0v) is 15.7. The van der Waals surface area contributed by atoms with Gasteiger partial charge in [0, 0.05) is 29.3 Å². The molecular formula is C19H19BrN2O3. The number of nitrogens with one attached hydrogen (secondary N) is 1. The Balaban J connectivity index is 1.65. The monoisotopic (exact) mass is 402 g/mol. The lowest BCUT2D eigenvalue weighted by atomic mass is 10.1. The van der Waals surface area contributed by atoms with Crippen molar-refractivity contribution in [3.05, 3.63) is 52.5 Å². The van der Waals surface area contributed by atoms with Gasteiger partial charge in [-0.05, 0) is 61.4 Å². The fraction of sp³-hybridized carbons (Fsp3) is 0.263. The molecule has 0 aliphatic carbocycles. The van der Waals surface area contributed by atoms with Crippen molar-refractivity contribution < 1.29 is 14.3 Å². The second kappa shape index (κ2) is 7.27. The Morgan fingerprint density at radius 3 is 2.60 bits per heavy atom. The van der Waals surface area contributed by atoms with Crippen LogP contribution in [0.4, 0.5) is 11.4 Å². The fourth-order valence-electron chi connectivity index (χ4n) is 2.82. The summed E-state index contributed by atoms with van der Waals surface area (Å²) < 4.78 is 6.61. The molecule has 0 aromatic heterocycles. The molecule has 2 aromatic rings. The number of rotatable bonds is 4. The normalized spacial score (nSPS) is 14.0. The van der Waals surface area contributed by atoms with Gasteiger partial charge in [0.25, 0.3) is 5.91 Å².